The second kappa shape index (κ2) is 7.19. The summed E-state index contributed by atoms with van der Waals surface area (Å²) in [6, 6.07) is 0. The van der Waals surface area contributed by atoms with Crippen molar-refractivity contribution in [3.63, 3.8) is 0 Å². The van der Waals surface area contributed by atoms with Crippen LogP contribution in [0, 0.1) is 0 Å². The largest absolute Gasteiger partial charge is 0.481 e. The molecule has 106 valence electrons. The van der Waals surface area contributed by atoms with E-state index in [0.717, 1.165) is 22.8 Å². The van der Waals surface area contributed by atoms with Crippen molar-refractivity contribution in [2.75, 3.05) is 7.11 Å². The van der Waals surface area contributed by atoms with Gasteiger partial charge in [0.2, 0.25) is 0 Å². The molecule has 0 fully saturated rings. The summed E-state index contributed by atoms with van der Waals surface area (Å²) in [5.41, 5.74) is 2.45. The van der Waals surface area contributed by atoms with Gasteiger partial charge in [0.1, 0.15) is 5.82 Å². The highest BCUT2D eigenvalue weighted by Gasteiger charge is 2.16. The van der Waals surface area contributed by atoms with Crippen LogP contribution >= 0.6 is 0 Å². The molecule has 0 spiro atoms. The SMILES string of the molecule is CCc1nc(CC(C)OC)nc(CC)c1CC(=O)O. The number of carboxylic acid groups (broad SMARTS) is 1. The molecule has 1 aromatic rings. The van der Waals surface area contributed by atoms with E-state index in [2.05, 4.69) is 9.97 Å². The van der Waals surface area contributed by atoms with Crippen LogP contribution in [0.3, 0.4) is 0 Å². The lowest BCUT2D eigenvalue weighted by Gasteiger charge is -2.14. The Bertz CT molecular complexity index is 421. The van der Waals surface area contributed by atoms with Crippen molar-refractivity contribution in [1.82, 2.24) is 9.97 Å². The van der Waals surface area contributed by atoms with Crippen molar-refractivity contribution in [2.45, 2.75) is 52.6 Å². The number of nitrogens with zero attached hydrogens (tertiary/aromatic N) is 2. The summed E-state index contributed by atoms with van der Waals surface area (Å²) in [6.45, 7) is 5.93. The van der Waals surface area contributed by atoms with Gasteiger partial charge in [0.05, 0.1) is 12.5 Å². The molecule has 0 radical (unpaired) electrons. The average molecular weight is 266 g/mol. The molecule has 0 saturated heterocycles. The van der Waals surface area contributed by atoms with E-state index < -0.39 is 5.97 Å². The lowest BCUT2D eigenvalue weighted by atomic mass is 10.0. The molecule has 0 aliphatic carbocycles. The number of rotatable bonds is 7. The third kappa shape index (κ3) is 4.28. The quantitative estimate of drug-likeness (QED) is 0.814. The Balaban J connectivity index is 3.15. The summed E-state index contributed by atoms with van der Waals surface area (Å²) in [5, 5.41) is 8.98. The molecule has 0 amide bonds. The van der Waals surface area contributed by atoms with Crippen LogP contribution in [-0.4, -0.2) is 34.3 Å². The number of methoxy groups -OCH3 is 1. The zero-order chi connectivity index (χ0) is 14.4. The molecule has 1 rings (SSSR count). The minimum absolute atomic E-state index is 0.00748. The topological polar surface area (TPSA) is 72.3 Å². The first-order chi connectivity index (χ1) is 9.01. The molecule has 1 aromatic heterocycles. The van der Waals surface area contributed by atoms with E-state index in [1.54, 1.807) is 7.11 Å². The molecule has 1 N–H and O–H groups in total. The summed E-state index contributed by atoms with van der Waals surface area (Å²) in [5.74, 6) is -0.108. The molecule has 1 unspecified atom stereocenters. The van der Waals surface area contributed by atoms with Gasteiger partial charge in [0.25, 0.3) is 0 Å². The van der Waals surface area contributed by atoms with Crippen LogP contribution < -0.4 is 0 Å². The van der Waals surface area contributed by atoms with Gasteiger partial charge < -0.3 is 9.84 Å². The van der Waals surface area contributed by atoms with E-state index in [9.17, 15) is 4.79 Å². The van der Waals surface area contributed by atoms with Crippen LogP contribution in [0.5, 0.6) is 0 Å². The zero-order valence-corrected chi connectivity index (χ0v) is 12.1. The first-order valence-electron chi connectivity index (χ1n) is 6.63. The summed E-state index contributed by atoms with van der Waals surface area (Å²) in [6.07, 6.45) is 2.12. The van der Waals surface area contributed by atoms with Gasteiger partial charge in [0.15, 0.2) is 0 Å². The average Bonchev–Trinajstić information content (AvgIpc) is 2.39. The van der Waals surface area contributed by atoms with Crippen LogP contribution in [0.15, 0.2) is 0 Å². The first kappa shape index (κ1) is 15.6. The smallest absolute Gasteiger partial charge is 0.307 e. The summed E-state index contributed by atoms with van der Waals surface area (Å²) in [7, 11) is 1.66. The van der Waals surface area contributed by atoms with Gasteiger partial charge in [0, 0.05) is 30.5 Å². The molecule has 5 heteroatoms. The maximum atomic E-state index is 10.9. The van der Waals surface area contributed by atoms with Gasteiger partial charge in [-0.05, 0) is 19.8 Å². The molecule has 0 aliphatic rings. The van der Waals surface area contributed by atoms with Gasteiger partial charge in [-0.2, -0.15) is 0 Å². The molecule has 1 heterocycles. The molecule has 0 aliphatic heterocycles. The molecule has 1 atom stereocenters. The number of carbonyl (C=O) groups is 1. The van der Waals surface area contributed by atoms with Crippen molar-refractivity contribution in [2.24, 2.45) is 0 Å². The second-order valence-corrected chi connectivity index (χ2v) is 4.54. The second-order valence-electron chi connectivity index (χ2n) is 4.54. The Labute approximate surface area is 114 Å². The van der Waals surface area contributed by atoms with Gasteiger partial charge in [-0.15, -0.1) is 0 Å². The third-order valence-electron chi connectivity index (χ3n) is 3.09. The molecule has 0 saturated carbocycles. The number of carboxylic acids is 1. The highest BCUT2D eigenvalue weighted by molar-refractivity contribution is 5.71. The highest BCUT2D eigenvalue weighted by atomic mass is 16.5. The lowest BCUT2D eigenvalue weighted by molar-refractivity contribution is -0.136. The molecule has 0 bridgehead atoms. The van der Waals surface area contributed by atoms with E-state index in [4.69, 9.17) is 9.84 Å². The van der Waals surface area contributed by atoms with Gasteiger partial charge in [-0.25, -0.2) is 9.97 Å². The maximum Gasteiger partial charge on any atom is 0.307 e. The number of ether oxygens (including phenoxy) is 1. The van der Waals surface area contributed by atoms with Crippen LogP contribution in [-0.2, 0) is 35.2 Å². The zero-order valence-electron chi connectivity index (χ0n) is 12.1. The lowest BCUT2D eigenvalue weighted by Crippen LogP contribution is -2.17. The van der Waals surface area contributed by atoms with Crippen molar-refractivity contribution in [3.05, 3.63) is 22.8 Å². The summed E-state index contributed by atoms with van der Waals surface area (Å²) < 4.78 is 5.22. The van der Waals surface area contributed by atoms with Crippen molar-refractivity contribution in [1.29, 1.82) is 0 Å². The fraction of sp³-hybridized carbons (Fsp3) is 0.643. The Morgan fingerprint density at radius 3 is 2.16 bits per heavy atom. The number of aromatic nitrogens is 2. The molecular weight excluding hydrogens is 244 g/mol. The monoisotopic (exact) mass is 266 g/mol. The highest BCUT2D eigenvalue weighted by Crippen LogP contribution is 2.15. The predicted octanol–water partition coefficient (Wildman–Crippen LogP) is 1.81. The minimum atomic E-state index is -0.842. The van der Waals surface area contributed by atoms with Crippen molar-refractivity contribution in [3.8, 4) is 0 Å². The Hall–Kier alpha value is -1.49. The van der Waals surface area contributed by atoms with Crippen molar-refractivity contribution < 1.29 is 14.6 Å². The van der Waals surface area contributed by atoms with Gasteiger partial charge in [-0.3, -0.25) is 4.79 Å². The fourth-order valence-electron chi connectivity index (χ4n) is 2.01. The maximum absolute atomic E-state index is 10.9. The third-order valence-corrected chi connectivity index (χ3v) is 3.09. The Kier molecular flexibility index (Phi) is 5.89. The van der Waals surface area contributed by atoms with Gasteiger partial charge in [-0.1, -0.05) is 13.8 Å². The number of aliphatic carboxylic acids is 1. The van der Waals surface area contributed by atoms with Crippen LogP contribution in [0.2, 0.25) is 0 Å². The molecular formula is C14H22N2O3. The number of aryl methyl sites for hydroxylation is 2. The summed E-state index contributed by atoms with van der Waals surface area (Å²) >= 11 is 0. The van der Waals surface area contributed by atoms with E-state index in [1.165, 1.54) is 0 Å². The van der Waals surface area contributed by atoms with Crippen LogP contribution in [0.4, 0.5) is 0 Å². The fourth-order valence-corrected chi connectivity index (χ4v) is 2.01. The van der Waals surface area contributed by atoms with Crippen LogP contribution in [0.1, 0.15) is 43.5 Å². The molecule has 5 nitrogen and oxygen atoms in total. The molecule has 19 heavy (non-hydrogen) atoms. The Morgan fingerprint density at radius 1 is 1.26 bits per heavy atom. The standard InChI is InChI=1S/C14H22N2O3/c1-5-11-10(8-14(17)18)12(6-2)16-13(15-11)7-9(3)19-4/h9H,5-8H2,1-4H3,(H,17,18). The summed E-state index contributed by atoms with van der Waals surface area (Å²) in [4.78, 5) is 19.9. The predicted molar refractivity (Wildman–Crippen MR) is 72.3 cm³/mol. The Morgan fingerprint density at radius 2 is 1.79 bits per heavy atom. The minimum Gasteiger partial charge on any atom is -0.481 e. The van der Waals surface area contributed by atoms with Gasteiger partial charge >= 0.3 is 5.97 Å². The van der Waals surface area contributed by atoms with E-state index in [1.807, 2.05) is 20.8 Å². The van der Waals surface area contributed by atoms with Crippen molar-refractivity contribution >= 4 is 5.97 Å². The van der Waals surface area contributed by atoms with Crippen LogP contribution in [0.25, 0.3) is 0 Å². The van der Waals surface area contributed by atoms with E-state index in [0.29, 0.717) is 19.3 Å². The van der Waals surface area contributed by atoms with E-state index >= 15 is 0 Å². The first-order valence-corrected chi connectivity index (χ1v) is 6.63. The molecule has 0 aromatic carbocycles. The number of hydrogen-bond acceptors (Lipinski definition) is 4. The number of hydrogen-bond donors (Lipinski definition) is 1. The van der Waals surface area contributed by atoms with E-state index in [-0.39, 0.29) is 12.5 Å². The normalized spacial score (nSPS) is 12.4.